The van der Waals surface area contributed by atoms with Crippen LogP contribution in [0.5, 0.6) is 0 Å². The molecule has 0 spiro atoms. The summed E-state index contributed by atoms with van der Waals surface area (Å²) in [6.45, 7) is 2.64. The number of fused-ring (bicyclic) bond motifs is 3. The van der Waals surface area contributed by atoms with Crippen molar-refractivity contribution in [3.8, 4) is 0 Å². The number of para-hydroxylation sites is 2. The van der Waals surface area contributed by atoms with Crippen LogP contribution in [0, 0.1) is 6.92 Å². The Labute approximate surface area is 183 Å². The minimum Gasteiger partial charge on any atom is -0.340 e. The van der Waals surface area contributed by atoms with E-state index in [-0.39, 0.29) is 11.3 Å². The van der Waals surface area contributed by atoms with Crippen LogP contribution in [0.4, 0.5) is 5.13 Å². The van der Waals surface area contributed by atoms with Gasteiger partial charge in [-0.25, -0.2) is 4.98 Å². The molecule has 3 aromatic carbocycles. The van der Waals surface area contributed by atoms with Crippen LogP contribution in [0.15, 0.2) is 71.5 Å². The van der Waals surface area contributed by atoms with Gasteiger partial charge < -0.3 is 9.88 Å². The quantitative estimate of drug-likeness (QED) is 0.377. The third-order valence-electron chi connectivity index (χ3n) is 5.45. The van der Waals surface area contributed by atoms with E-state index in [2.05, 4.69) is 14.9 Å². The van der Waals surface area contributed by atoms with Crippen LogP contribution in [0.1, 0.15) is 18.4 Å². The molecule has 0 unspecified atom stereocenters. The Morgan fingerprint density at radius 2 is 1.77 bits per heavy atom. The third kappa shape index (κ3) is 3.70. The van der Waals surface area contributed by atoms with Gasteiger partial charge in [0.05, 0.1) is 21.3 Å². The topological polar surface area (TPSA) is 64.0 Å². The first-order valence-corrected chi connectivity index (χ1v) is 11.1. The number of aryl methyl sites for hydroxylation is 2. The number of hydrogen-bond acceptors (Lipinski definition) is 4. The monoisotopic (exact) mass is 427 g/mol. The highest BCUT2D eigenvalue weighted by Crippen LogP contribution is 2.26. The van der Waals surface area contributed by atoms with Crippen LogP contribution >= 0.6 is 11.3 Å². The largest absolute Gasteiger partial charge is 0.340 e. The summed E-state index contributed by atoms with van der Waals surface area (Å²) in [5.74, 6) is -0.0513. The van der Waals surface area contributed by atoms with Gasteiger partial charge in [0.25, 0.3) is 0 Å². The van der Waals surface area contributed by atoms with Crippen LogP contribution in [0.25, 0.3) is 32.0 Å². The number of carbonyl (C=O) groups excluding carboxylic acids is 1. The molecule has 0 aliphatic carbocycles. The molecule has 5 rings (SSSR count). The summed E-state index contributed by atoms with van der Waals surface area (Å²) in [6.07, 6.45) is 1.04. The number of hydrogen-bond donors (Lipinski definition) is 1. The molecule has 0 atom stereocenters. The molecule has 31 heavy (non-hydrogen) atoms. The molecule has 5 aromatic rings. The molecule has 0 aliphatic rings. The van der Waals surface area contributed by atoms with E-state index in [0.29, 0.717) is 29.9 Å². The Bertz CT molecular complexity index is 1470. The highest BCUT2D eigenvalue weighted by Gasteiger charge is 2.12. The Morgan fingerprint density at radius 1 is 1.00 bits per heavy atom. The van der Waals surface area contributed by atoms with Gasteiger partial charge in [0.15, 0.2) is 10.6 Å². The van der Waals surface area contributed by atoms with Gasteiger partial charge in [-0.15, -0.1) is 0 Å². The van der Waals surface area contributed by atoms with Crippen molar-refractivity contribution in [2.24, 2.45) is 0 Å². The van der Waals surface area contributed by atoms with E-state index < -0.39 is 0 Å². The van der Waals surface area contributed by atoms with E-state index in [1.807, 2.05) is 73.7 Å². The molecule has 2 aromatic heterocycles. The highest BCUT2D eigenvalue weighted by molar-refractivity contribution is 7.22. The number of benzene rings is 3. The normalized spacial score (nSPS) is 11.4. The number of carbonyl (C=O) groups is 1. The van der Waals surface area contributed by atoms with Gasteiger partial charge in [0, 0.05) is 23.7 Å². The van der Waals surface area contributed by atoms with Gasteiger partial charge in [-0.1, -0.05) is 47.2 Å². The summed E-state index contributed by atoms with van der Waals surface area (Å²) in [5, 5.41) is 4.97. The third-order valence-corrected chi connectivity index (χ3v) is 6.40. The standard InChI is InChI=1S/C25H21N3O2S/c1-16-12-13-21-18(15-16)24(30)17-7-2-4-9-20(17)28(21)14-6-11-23(29)27-25-26-19-8-3-5-10-22(19)31-25/h2-5,7-10,12-13,15H,6,11,14H2,1H3,(H,26,27,29). The van der Waals surface area contributed by atoms with E-state index in [9.17, 15) is 9.59 Å². The van der Waals surface area contributed by atoms with Crippen molar-refractivity contribution in [2.75, 3.05) is 5.32 Å². The summed E-state index contributed by atoms with van der Waals surface area (Å²) >= 11 is 1.48. The second-order valence-corrected chi connectivity index (χ2v) is 8.69. The molecule has 0 saturated heterocycles. The van der Waals surface area contributed by atoms with Crippen LogP contribution < -0.4 is 10.7 Å². The molecule has 0 radical (unpaired) electrons. The first-order chi connectivity index (χ1) is 15.1. The smallest absolute Gasteiger partial charge is 0.226 e. The Hall–Kier alpha value is -3.51. The van der Waals surface area contributed by atoms with E-state index in [4.69, 9.17) is 0 Å². The molecule has 0 fully saturated rings. The fourth-order valence-electron chi connectivity index (χ4n) is 3.99. The maximum atomic E-state index is 13.0. The molecule has 0 aliphatic heterocycles. The van der Waals surface area contributed by atoms with Crippen molar-refractivity contribution in [3.63, 3.8) is 0 Å². The van der Waals surface area contributed by atoms with E-state index in [1.54, 1.807) is 0 Å². The second-order valence-electron chi connectivity index (χ2n) is 7.66. The van der Waals surface area contributed by atoms with Crippen molar-refractivity contribution >= 4 is 54.4 Å². The Balaban J connectivity index is 1.38. The number of anilines is 1. The molecule has 5 nitrogen and oxygen atoms in total. The van der Waals surface area contributed by atoms with Gasteiger partial charge in [-0.05, 0) is 49.7 Å². The van der Waals surface area contributed by atoms with Crippen molar-refractivity contribution < 1.29 is 4.79 Å². The predicted octanol–water partition coefficient (Wildman–Crippen LogP) is 5.49. The minimum absolute atomic E-state index is 0.0513. The van der Waals surface area contributed by atoms with Crippen LogP contribution in [0.2, 0.25) is 0 Å². The number of amides is 1. The van der Waals surface area contributed by atoms with Crippen molar-refractivity contribution in [3.05, 3.63) is 82.5 Å². The number of pyridine rings is 1. The second kappa shape index (κ2) is 7.96. The summed E-state index contributed by atoms with van der Waals surface area (Å²) in [4.78, 5) is 29.9. The summed E-state index contributed by atoms with van der Waals surface area (Å²) in [5.41, 5.74) is 3.81. The van der Waals surface area contributed by atoms with Gasteiger partial charge in [0.1, 0.15) is 0 Å². The van der Waals surface area contributed by atoms with Gasteiger partial charge in [-0.2, -0.15) is 0 Å². The van der Waals surface area contributed by atoms with Crippen LogP contribution in [0.3, 0.4) is 0 Å². The Kier molecular flexibility index (Phi) is 5.00. The molecule has 1 amide bonds. The number of aromatic nitrogens is 2. The lowest BCUT2D eigenvalue weighted by atomic mass is 10.1. The highest BCUT2D eigenvalue weighted by atomic mass is 32.1. The summed E-state index contributed by atoms with van der Waals surface area (Å²) < 4.78 is 3.20. The fraction of sp³-hybridized carbons (Fsp3) is 0.160. The average molecular weight is 428 g/mol. The number of nitrogens with zero attached hydrogens (tertiary/aromatic N) is 2. The lowest BCUT2D eigenvalue weighted by Crippen LogP contribution is -2.15. The van der Waals surface area contributed by atoms with Crippen LogP contribution in [-0.4, -0.2) is 15.5 Å². The molecule has 0 saturated carbocycles. The molecule has 1 N–H and O–H groups in total. The van der Waals surface area contributed by atoms with Gasteiger partial charge >= 0.3 is 0 Å². The maximum absolute atomic E-state index is 13.0. The van der Waals surface area contributed by atoms with Crippen molar-refractivity contribution in [1.29, 1.82) is 0 Å². The summed E-state index contributed by atoms with van der Waals surface area (Å²) in [6, 6.07) is 21.5. The first kappa shape index (κ1) is 19.5. The minimum atomic E-state index is -0.0513. The number of rotatable bonds is 5. The number of thiazole rings is 1. The zero-order valence-corrected chi connectivity index (χ0v) is 17.9. The first-order valence-electron chi connectivity index (χ1n) is 10.3. The van der Waals surface area contributed by atoms with Gasteiger partial charge in [0.2, 0.25) is 5.91 Å². The van der Waals surface area contributed by atoms with Crippen LogP contribution in [-0.2, 0) is 11.3 Å². The van der Waals surface area contributed by atoms with Crippen molar-refractivity contribution in [2.45, 2.75) is 26.3 Å². The molecule has 154 valence electrons. The lowest BCUT2D eigenvalue weighted by molar-refractivity contribution is -0.116. The predicted molar refractivity (Wildman–Crippen MR) is 128 cm³/mol. The molecule has 0 bridgehead atoms. The molecule has 2 heterocycles. The van der Waals surface area contributed by atoms with Gasteiger partial charge in [-0.3, -0.25) is 9.59 Å². The van der Waals surface area contributed by atoms with E-state index in [0.717, 1.165) is 32.2 Å². The molecular formula is C25H21N3O2S. The maximum Gasteiger partial charge on any atom is 0.226 e. The molecule has 6 heteroatoms. The Morgan fingerprint density at radius 3 is 2.65 bits per heavy atom. The average Bonchev–Trinajstić information content (AvgIpc) is 3.18. The SMILES string of the molecule is Cc1ccc2c(c1)c(=O)c1ccccc1n2CCCC(=O)Nc1nc2ccccc2s1. The summed E-state index contributed by atoms with van der Waals surface area (Å²) in [7, 11) is 0. The van der Waals surface area contributed by atoms with E-state index >= 15 is 0 Å². The van der Waals surface area contributed by atoms with Crippen molar-refractivity contribution in [1.82, 2.24) is 9.55 Å². The zero-order valence-electron chi connectivity index (χ0n) is 17.1. The lowest BCUT2D eigenvalue weighted by Gasteiger charge is -2.15. The number of nitrogens with one attached hydrogen (secondary N) is 1. The zero-order chi connectivity index (χ0) is 21.4. The molecular weight excluding hydrogens is 406 g/mol. The fourth-order valence-corrected chi connectivity index (χ4v) is 4.87. The van der Waals surface area contributed by atoms with E-state index in [1.165, 1.54) is 11.3 Å².